The Kier molecular flexibility index (Phi) is 2.90. The summed E-state index contributed by atoms with van der Waals surface area (Å²) in [5, 5.41) is 9.25. The molecule has 0 amide bonds. The van der Waals surface area contributed by atoms with Gasteiger partial charge in [0.15, 0.2) is 0 Å². The summed E-state index contributed by atoms with van der Waals surface area (Å²) >= 11 is 0. The van der Waals surface area contributed by atoms with Crippen molar-refractivity contribution in [1.82, 2.24) is 0 Å². The molecule has 1 rings (SSSR count). The molecule has 1 atom stereocenters. The minimum absolute atomic E-state index is 0.237. The first-order valence-electron chi connectivity index (χ1n) is 4.08. The van der Waals surface area contributed by atoms with Gasteiger partial charge in [-0.05, 0) is 19.1 Å². The molecule has 1 aromatic carbocycles. The van der Waals surface area contributed by atoms with E-state index in [1.54, 1.807) is 0 Å². The molecule has 0 unspecified atom stereocenters. The van der Waals surface area contributed by atoms with Crippen molar-refractivity contribution in [3.05, 3.63) is 29.1 Å². The van der Waals surface area contributed by atoms with E-state index in [1.165, 1.54) is 6.92 Å². The highest BCUT2D eigenvalue weighted by atomic mass is 19.4. The van der Waals surface area contributed by atoms with Crippen LogP contribution in [-0.2, 0) is 6.18 Å². The van der Waals surface area contributed by atoms with Crippen molar-refractivity contribution in [2.24, 2.45) is 5.73 Å². The maximum atomic E-state index is 12.8. The van der Waals surface area contributed by atoms with Crippen LogP contribution in [0.5, 0.6) is 5.75 Å². The minimum atomic E-state index is -4.80. The van der Waals surface area contributed by atoms with Gasteiger partial charge in [-0.2, -0.15) is 13.2 Å². The molecule has 0 aliphatic carbocycles. The lowest BCUT2D eigenvalue weighted by atomic mass is 10.0. The van der Waals surface area contributed by atoms with Crippen molar-refractivity contribution in [2.45, 2.75) is 19.1 Å². The number of benzene rings is 1. The maximum Gasteiger partial charge on any atom is 0.420 e. The lowest BCUT2D eigenvalue weighted by molar-refractivity contribution is -0.139. The number of nitrogens with two attached hydrogens (primary N) is 1. The van der Waals surface area contributed by atoms with Crippen LogP contribution in [0.15, 0.2) is 12.1 Å². The molecule has 0 aromatic heterocycles. The first-order chi connectivity index (χ1) is 6.73. The Balaban J connectivity index is 3.42. The molecular weight excluding hydrogens is 214 g/mol. The van der Waals surface area contributed by atoms with Gasteiger partial charge in [-0.15, -0.1) is 0 Å². The molecule has 0 bridgehead atoms. The Labute approximate surface area is 83.3 Å². The highest BCUT2D eigenvalue weighted by Crippen LogP contribution is 2.39. The molecule has 0 aliphatic rings. The first-order valence-corrected chi connectivity index (χ1v) is 4.08. The average molecular weight is 223 g/mol. The van der Waals surface area contributed by atoms with Gasteiger partial charge >= 0.3 is 6.18 Å². The Morgan fingerprint density at radius 2 is 1.87 bits per heavy atom. The monoisotopic (exact) mass is 223 g/mol. The van der Waals surface area contributed by atoms with E-state index in [4.69, 9.17) is 5.73 Å². The Morgan fingerprint density at radius 3 is 2.27 bits per heavy atom. The summed E-state index contributed by atoms with van der Waals surface area (Å²) in [5.74, 6) is -2.09. The molecule has 0 radical (unpaired) electrons. The lowest BCUT2D eigenvalue weighted by Gasteiger charge is -2.14. The van der Waals surface area contributed by atoms with Crippen molar-refractivity contribution in [2.75, 3.05) is 0 Å². The molecule has 0 saturated heterocycles. The fourth-order valence-electron chi connectivity index (χ4n) is 1.18. The smallest absolute Gasteiger partial charge is 0.420 e. The highest BCUT2D eigenvalue weighted by Gasteiger charge is 2.35. The molecule has 0 heterocycles. The van der Waals surface area contributed by atoms with Gasteiger partial charge in [0.2, 0.25) is 0 Å². The number of rotatable bonds is 1. The molecule has 6 heteroatoms. The number of halogens is 4. The zero-order valence-corrected chi connectivity index (χ0v) is 7.77. The first kappa shape index (κ1) is 11.8. The van der Waals surface area contributed by atoms with Crippen molar-refractivity contribution in [1.29, 1.82) is 0 Å². The Bertz CT molecular complexity index is 373. The van der Waals surface area contributed by atoms with E-state index >= 15 is 0 Å². The number of alkyl halides is 3. The van der Waals surface area contributed by atoms with Crippen LogP contribution in [0.4, 0.5) is 17.6 Å². The van der Waals surface area contributed by atoms with Crippen molar-refractivity contribution in [3.63, 3.8) is 0 Å². The predicted octanol–water partition coefficient (Wildman–Crippen LogP) is 2.57. The quantitative estimate of drug-likeness (QED) is 0.719. The number of aromatic hydroxyl groups is 1. The van der Waals surface area contributed by atoms with Crippen LogP contribution in [0, 0.1) is 5.82 Å². The summed E-state index contributed by atoms with van der Waals surface area (Å²) in [4.78, 5) is 0. The zero-order valence-electron chi connectivity index (χ0n) is 7.77. The molecule has 15 heavy (non-hydrogen) atoms. The van der Waals surface area contributed by atoms with Gasteiger partial charge in [0.05, 0.1) is 0 Å². The molecule has 84 valence electrons. The van der Waals surface area contributed by atoms with E-state index in [1.807, 2.05) is 0 Å². The predicted molar refractivity (Wildman–Crippen MR) is 45.7 cm³/mol. The molecular formula is C9H9F4NO. The van der Waals surface area contributed by atoms with Crippen LogP contribution in [0.1, 0.15) is 24.1 Å². The third-order valence-corrected chi connectivity index (χ3v) is 1.90. The fourth-order valence-corrected chi connectivity index (χ4v) is 1.18. The zero-order chi connectivity index (χ0) is 11.8. The van der Waals surface area contributed by atoms with Crippen molar-refractivity contribution in [3.8, 4) is 5.75 Å². The van der Waals surface area contributed by atoms with E-state index in [0.29, 0.717) is 0 Å². The largest absolute Gasteiger partial charge is 0.507 e. The Morgan fingerprint density at radius 1 is 1.33 bits per heavy atom. The third kappa shape index (κ3) is 2.38. The second-order valence-electron chi connectivity index (χ2n) is 3.18. The SMILES string of the molecule is C[C@@H](N)c1cc(F)cc(C(F)(F)F)c1O. The van der Waals surface area contributed by atoms with Gasteiger partial charge in [-0.25, -0.2) is 4.39 Å². The van der Waals surface area contributed by atoms with Gasteiger partial charge in [-0.3, -0.25) is 0 Å². The van der Waals surface area contributed by atoms with E-state index < -0.39 is 29.3 Å². The minimum Gasteiger partial charge on any atom is -0.507 e. The standard InChI is InChI=1S/C9H9F4NO/c1-4(14)6-2-5(10)3-7(8(6)15)9(11,12)13/h2-4,15H,14H2,1H3/t4-/m1/s1. The van der Waals surface area contributed by atoms with Crippen LogP contribution >= 0.6 is 0 Å². The van der Waals surface area contributed by atoms with Crippen LogP contribution in [0.25, 0.3) is 0 Å². The molecule has 0 aliphatic heterocycles. The number of phenols is 1. The van der Waals surface area contributed by atoms with Crippen LogP contribution < -0.4 is 5.73 Å². The summed E-state index contributed by atoms with van der Waals surface area (Å²) in [6, 6.07) is 0.151. The van der Waals surface area contributed by atoms with E-state index in [2.05, 4.69) is 0 Å². The highest BCUT2D eigenvalue weighted by molar-refractivity contribution is 5.44. The second-order valence-corrected chi connectivity index (χ2v) is 3.18. The van der Waals surface area contributed by atoms with Gasteiger partial charge in [-0.1, -0.05) is 0 Å². The van der Waals surface area contributed by atoms with E-state index in [9.17, 15) is 22.7 Å². The van der Waals surface area contributed by atoms with Gasteiger partial charge < -0.3 is 10.8 Å². The molecule has 0 saturated carbocycles. The van der Waals surface area contributed by atoms with Crippen LogP contribution in [0.3, 0.4) is 0 Å². The maximum absolute atomic E-state index is 12.8. The topological polar surface area (TPSA) is 46.2 Å². The molecule has 2 nitrogen and oxygen atoms in total. The van der Waals surface area contributed by atoms with Gasteiger partial charge in [0.1, 0.15) is 17.1 Å². The van der Waals surface area contributed by atoms with Crippen LogP contribution in [0.2, 0.25) is 0 Å². The van der Waals surface area contributed by atoms with Gasteiger partial charge in [0.25, 0.3) is 0 Å². The summed E-state index contributed by atoms with van der Waals surface area (Å²) in [6.07, 6.45) is -4.80. The molecule has 3 N–H and O–H groups in total. The second kappa shape index (κ2) is 3.69. The van der Waals surface area contributed by atoms with Crippen LogP contribution in [-0.4, -0.2) is 5.11 Å². The van der Waals surface area contributed by atoms with E-state index in [-0.39, 0.29) is 11.6 Å². The molecule has 0 fully saturated rings. The number of hydrogen-bond acceptors (Lipinski definition) is 2. The third-order valence-electron chi connectivity index (χ3n) is 1.90. The summed E-state index contributed by atoms with van der Waals surface area (Å²) in [6.45, 7) is 1.36. The number of hydrogen-bond donors (Lipinski definition) is 2. The van der Waals surface area contributed by atoms with Gasteiger partial charge in [0, 0.05) is 11.6 Å². The fraction of sp³-hybridized carbons (Fsp3) is 0.333. The average Bonchev–Trinajstić information content (AvgIpc) is 2.06. The molecule has 1 aromatic rings. The summed E-state index contributed by atoms with van der Waals surface area (Å²) < 4.78 is 49.7. The molecule has 0 spiro atoms. The van der Waals surface area contributed by atoms with Crippen molar-refractivity contribution >= 4 is 0 Å². The van der Waals surface area contributed by atoms with E-state index in [0.717, 1.165) is 6.07 Å². The summed E-state index contributed by atoms with van der Waals surface area (Å²) in [5.41, 5.74) is 3.63. The number of phenolic OH excluding ortho intramolecular Hbond substituents is 1. The lowest BCUT2D eigenvalue weighted by Crippen LogP contribution is -2.11. The normalized spacial score (nSPS) is 14.0. The van der Waals surface area contributed by atoms with Crippen molar-refractivity contribution < 1.29 is 22.7 Å². The Hall–Kier alpha value is -1.30. The summed E-state index contributed by atoms with van der Waals surface area (Å²) in [7, 11) is 0.